The summed E-state index contributed by atoms with van der Waals surface area (Å²) in [6, 6.07) is 40.7. The fraction of sp³-hybridized carbons (Fsp3) is 0.123. The summed E-state index contributed by atoms with van der Waals surface area (Å²) in [5, 5.41) is 18.6. The van der Waals surface area contributed by atoms with Crippen LogP contribution in [0.25, 0.3) is 0 Å². The van der Waals surface area contributed by atoms with Crippen molar-refractivity contribution in [3.05, 3.63) is 261 Å². The van der Waals surface area contributed by atoms with Gasteiger partial charge in [-0.15, -0.1) is 11.3 Å². The van der Waals surface area contributed by atoms with E-state index >= 15 is 0 Å². The van der Waals surface area contributed by atoms with Crippen LogP contribution in [0.5, 0.6) is 5.75 Å². The van der Waals surface area contributed by atoms with Crippen molar-refractivity contribution >= 4 is 307 Å². The first-order valence-corrected chi connectivity index (χ1v) is 61.1. The molecular formula is C65H56BrCl13N8O30S13. The zero-order valence-corrected chi connectivity index (χ0v) is 87.1. The highest BCUT2D eigenvalue weighted by Gasteiger charge is 2.24. The summed E-state index contributed by atoms with van der Waals surface area (Å²) in [6.07, 6.45) is 2.43. The molecule has 11 aromatic rings. The Bertz CT molecular complexity index is 7130. The maximum Gasteiger partial charge on any atom is 0.325 e. The number of halogens is 14. The highest BCUT2D eigenvalue weighted by molar-refractivity contribution is 9.10. The highest BCUT2D eigenvalue weighted by atomic mass is 79.9. The second-order valence-corrected chi connectivity index (χ2v) is 55.2. The van der Waals surface area contributed by atoms with Gasteiger partial charge in [-0.05, 0) is 171 Å². The van der Waals surface area contributed by atoms with Crippen LogP contribution in [0.3, 0.4) is 0 Å². The van der Waals surface area contributed by atoms with Gasteiger partial charge in [-0.25, -0.2) is 112 Å². The van der Waals surface area contributed by atoms with E-state index in [1.807, 2.05) is 13.0 Å². The Morgan fingerprint density at radius 3 is 1.28 bits per heavy atom. The van der Waals surface area contributed by atoms with Gasteiger partial charge in [0.15, 0.2) is 20.0 Å². The first kappa shape index (κ1) is 121. The number of nitro benzene ring substituents is 1. The minimum absolute atomic E-state index is 0.0285. The number of carbonyl (C=O) groups is 1. The molecule has 0 atom stereocenters. The van der Waals surface area contributed by atoms with Gasteiger partial charge in [0.25, 0.3) is 102 Å². The molecular weight excluding hydrogens is 2330 g/mol. The van der Waals surface area contributed by atoms with Crippen LogP contribution >= 0.6 is 179 Å². The van der Waals surface area contributed by atoms with E-state index in [0.29, 0.717) is 26.5 Å². The van der Waals surface area contributed by atoms with Crippen LogP contribution in [0.15, 0.2) is 253 Å². The fourth-order valence-electron chi connectivity index (χ4n) is 7.73. The molecule has 0 saturated carbocycles. The summed E-state index contributed by atoms with van der Waals surface area (Å²) < 4.78 is 246. The Morgan fingerprint density at radius 2 is 0.962 bits per heavy atom. The maximum atomic E-state index is 11.0. The molecule has 0 bridgehead atoms. The number of rotatable bonds is 16. The molecule has 38 nitrogen and oxygen atoms in total. The van der Waals surface area contributed by atoms with Crippen LogP contribution in [0.1, 0.15) is 40.9 Å². The van der Waals surface area contributed by atoms with Crippen molar-refractivity contribution in [3.63, 3.8) is 0 Å². The van der Waals surface area contributed by atoms with E-state index in [2.05, 4.69) is 50.9 Å². The molecule has 0 spiro atoms. The van der Waals surface area contributed by atoms with Gasteiger partial charge in [0.2, 0.25) is 21.0 Å². The second-order valence-electron chi connectivity index (χ2n) is 22.9. The molecule has 6 aromatic carbocycles. The molecule has 0 unspecified atom stereocenters. The van der Waals surface area contributed by atoms with Crippen LogP contribution in [0, 0.1) is 44.7 Å². The molecule has 65 heteroatoms. The molecule has 0 saturated heterocycles. The topological polar surface area (TPSA) is 604 Å². The molecule has 0 radical (unpaired) electrons. The van der Waals surface area contributed by atoms with Crippen molar-refractivity contribution in [2.45, 2.75) is 94.9 Å². The Labute approximate surface area is 818 Å². The number of hydrogen-bond acceptors (Lipinski definition) is 36. The lowest BCUT2D eigenvalue weighted by Crippen LogP contribution is -2.27. The van der Waals surface area contributed by atoms with Crippen LogP contribution in [-0.2, 0) is 115 Å². The Morgan fingerprint density at radius 1 is 0.538 bits per heavy atom. The number of pyridine rings is 1. The first-order valence-electron chi connectivity index (χ1n) is 32.3. The summed E-state index contributed by atoms with van der Waals surface area (Å²) in [5.41, 5.74) is 0.581. The quantitative estimate of drug-likeness (QED) is 0.0202. The van der Waals surface area contributed by atoms with Crippen molar-refractivity contribution in [1.82, 2.24) is 25.1 Å². The lowest BCUT2D eigenvalue weighted by molar-refractivity contribution is -0.384. The Hall–Kier alpha value is -6.56. The van der Waals surface area contributed by atoms with Crippen LogP contribution < -0.4 is 21.3 Å². The van der Waals surface area contributed by atoms with Gasteiger partial charge in [-0.2, -0.15) is 4.99 Å². The number of ether oxygens (including phenoxy) is 1. The van der Waals surface area contributed by atoms with Crippen LogP contribution in [-0.4, -0.2) is 142 Å². The smallest absolute Gasteiger partial charge is 0.325 e. The lowest BCUT2D eigenvalue weighted by atomic mass is 10.2. The molecule has 0 aliphatic heterocycles. The number of non-ortho nitro benzene ring substituents is 1. The highest BCUT2D eigenvalue weighted by Crippen LogP contribution is 2.31. The molecule has 1 amide bonds. The predicted molar refractivity (Wildman–Crippen MR) is 499 cm³/mol. The normalized spacial score (nSPS) is 11.4. The van der Waals surface area contributed by atoms with E-state index < -0.39 is 121 Å². The molecule has 0 aliphatic rings. The van der Waals surface area contributed by atoms with Gasteiger partial charge in [0, 0.05) is 153 Å². The average molecular weight is 2390 g/mol. The van der Waals surface area contributed by atoms with Gasteiger partial charge in [0.1, 0.15) is 30.6 Å². The number of hydrogen-bond donors (Lipinski definition) is 3. The van der Waals surface area contributed by atoms with Gasteiger partial charge in [-0.3, -0.25) is 24.7 Å². The van der Waals surface area contributed by atoms with E-state index in [1.54, 1.807) is 52.8 Å². The number of aromatic amines is 2. The van der Waals surface area contributed by atoms with Crippen molar-refractivity contribution in [2.75, 3.05) is 12.4 Å². The Kier molecular flexibility index (Phi) is 50.1. The lowest BCUT2D eigenvalue weighted by Gasteiger charge is -1.99. The summed E-state index contributed by atoms with van der Waals surface area (Å²) in [7, 11) is 16.6. The standard InChI is InChI=1S/C7H4ClNO3S.C7H7ClO3S.2C7H7ClO2S.C6H4Cl2O2S.C6H7ClN2O3S2.C6H4ClNO4S.C5H2BrCl2NO2S.C5H5ClN2O4S.C5H6ClNO3S.C4H3ClO2S2/c8-13(11,12)7-3-1-6(2-4-7)9-5-10;1-11-6-2-4-7(5-3-6)12(8,9)10;1-6-2-4-7(5-3-6)11(8,9)10;8-11(9,10)6-7-4-2-1-3-5-7;7-5-1-3-6(4-2-5)11(8,9)10;1-3-5(14(7,11)12)13-6(8-3)9-4(2)10;7-13(11,12)6-3-1-5(2-4-6)8(9)10;6-4-1-3(12(8,10)11)2-9-5(4)7;1-2-3(13(6,11)12)4(9)8-5(10)7-2;1-3-5(11(6,8)9)4(2)10-7-3;5-9(6,7)4-2-1-3-8-4/h1-4H;2-5H,1H3;2-5H,1H3;1-5H,6H2;1-4H;1-2H3,(H,8,9,10);1-4H;1-2H;1H3,(H2,7,8,9,10);1-2H3;1-3H. The summed E-state index contributed by atoms with van der Waals surface area (Å²) in [5.74, 6) is 0.406. The zero-order valence-electron chi connectivity index (χ0n) is 65.1. The third-order valence-corrected chi connectivity index (χ3v) is 32.9. The molecule has 3 N–H and O–H groups in total. The fourth-order valence-corrected chi connectivity index (χ4v) is 20.8. The van der Waals surface area contributed by atoms with Crippen molar-refractivity contribution in [2.24, 2.45) is 4.99 Å². The molecule has 712 valence electrons. The molecule has 5 aromatic heterocycles. The predicted octanol–water partition coefficient (Wildman–Crippen LogP) is 16.6. The van der Waals surface area contributed by atoms with E-state index in [0.717, 1.165) is 58.7 Å². The van der Waals surface area contributed by atoms with E-state index in [4.69, 9.17) is 145 Å². The average Bonchev–Trinajstić information content (AvgIpc) is 1.51. The number of thiophene rings is 1. The summed E-state index contributed by atoms with van der Waals surface area (Å²) in [4.78, 5) is 65.6. The molecule has 5 heterocycles. The number of aliphatic imine (C=N–C) groups is 1. The number of amides is 1. The van der Waals surface area contributed by atoms with Gasteiger partial charge in [-0.1, -0.05) is 93.8 Å². The number of methoxy groups -OCH3 is 1. The third-order valence-electron chi connectivity index (χ3n) is 13.1. The minimum atomic E-state index is -4.12. The number of nitrogens with zero attached hydrogens (tertiary/aromatic N) is 5. The number of isocyanates is 1. The van der Waals surface area contributed by atoms with E-state index in [-0.39, 0.29) is 93.2 Å². The SMILES string of the molecule is CC(=O)Nc1nc(C)c(S(=O)(=O)Cl)s1.COc1ccc(S(=O)(=O)Cl)cc1.Cc1[nH]c(=O)[nH]c(=O)c1S(=O)(=O)Cl.Cc1ccc(S(=O)(=O)Cl)cc1.Cc1noc(C)c1S(=O)(=O)Cl.O=C=Nc1ccc(S(=O)(=O)Cl)cc1.O=S(=O)(Cl)Cc1ccccc1.O=S(=O)(Cl)c1ccc(Cl)cc1.O=S(=O)(Cl)c1cccs1.O=S(=O)(Cl)c1cnc(Cl)c(Br)c1.O=[N+]([O-])c1ccc(S(=O)(=O)Cl)cc1. The minimum Gasteiger partial charge on any atom is -0.497 e. The number of nitrogens with one attached hydrogen (secondary N) is 3. The zero-order chi connectivity index (χ0) is 100. The van der Waals surface area contributed by atoms with Gasteiger partial charge >= 0.3 is 5.69 Å². The van der Waals surface area contributed by atoms with Gasteiger partial charge < -0.3 is 19.6 Å². The van der Waals surface area contributed by atoms with E-state index in [1.165, 1.54) is 145 Å². The number of aryl methyl sites for hydroxylation is 5. The Balaban J connectivity index is 0.000000716. The van der Waals surface area contributed by atoms with E-state index in [9.17, 15) is 122 Å². The van der Waals surface area contributed by atoms with Crippen LogP contribution in [0.2, 0.25) is 10.2 Å². The summed E-state index contributed by atoms with van der Waals surface area (Å²) >= 11 is 16.0. The van der Waals surface area contributed by atoms with Crippen molar-refractivity contribution in [3.8, 4) is 5.75 Å². The number of nitro groups is 1. The number of anilines is 1. The first-order chi connectivity index (χ1) is 59.1. The summed E-state index contributed by atoms with van der Waals surface area (Å²) in [6.45, 7) is 8.99. The molecule has 130 heavy (non-hydrogen) atoms. The third kappa shape index (κ3) is 48.6. The number of H-pyrrole nitrogens is 2. The van der Waals surface area contributed by atoms with Gasteiger partial charge in [0.05, 0.1) is 58.1 Å². The largest absolute Gasteiger partial charge is 0.497 e. The van der Waals surface area contributed by atoms with Crippen molar-refractivity contribution in [1.29, 1.82) is 0 Å². The molecule has 11 rings (SSSR count). The van der Waals surface area contributed by atoms with Crippen LogP contribution in [0.4, 0.5) is 16.5 Å². The number of benzene rings is 6. The maximum absolute atomic E-state index is 11.0. The monoisotopic (exact) mass is 2380 g/mol. The van der Waals surface area contributed by atoms with Crippen molar-refractivity contribution < 1.29 is 116 Å². The number of carbonyl (C=O) groups excluding carboxylic acids is 2. The molecule has 0 fully saturated rings. The molecule has 0 aliphatic carbocycles. The number of aromatic nitrogens is 5. The second kappa shape index (κ2) is 53.7. The number of thiazole rings is 1.